The van der Waals surface area contributed by atoms with E-state index in [1.54, 1.807) is 21.1 Å². The maximum absolute atomic E-state index is 9.16. The van der Waals surface area contributed by atoms with E-state index in [9.17, 15) is 0 Å². The Labute approximate surface area is 96.2 Å². The van der Waals surface area contributed by atoms with Crippen molar-refractivity contribution in [2.24, 2.45) is 0 Å². The Hall–Kier alpha value is -1.42. The van der Waals surface area contributed by atoms with Crippen LogP contribution >= 0.6 is 0 Å². The van der Waals surface area contributed by atoms with Crippen molar-refractivity contribution in [3.05, 3.63) is 18.2 Å². The number of aliphatic hydroxyl groups is 1. The Morgan fingerprint density at radius 1 is 1.31 bits per heavy atom. The van der Waals surface area contributed by atoms with E-state index in [1.807, 2.05) is 18.2 Å². The van der Waals surface area contributed by atoms with Crippen LogP contribution in [0, 0.1) is 0 Å². The van der Waals surface area contributed by atoms with Gasteiger partial charge in [-0.2, -0.15) is 0 Å². The molecule has 0 fully saturated rings. The van der Waals surface area contributed by atoms with Gasteiger partial charge in [0.05, 0.1) is 26.0 Å². The Balaban J connectivity index is 2.67. The molecule has 1 aromatic rings. The fourth-order valence-corrected chi connectivity index (χ4v) is 1.37. The molecule has 0 radical (unpaired) electrons. The van der Waals surface area contributed by atoms with Crippen molar-refractivity contribution in [3.8, 4) is 11.5 Å². The highest BCUT2D eigenvalue weighted by molar-refractivity contribution is 5.59. The van der Waals surface area contributed by atoms with Crippen LogP contribution in [0.25, 0.3) is 0 Å². The molecule has 0 amide bonds. The third kappa shape index (κ3) is 3.62. The lowest BCUT2D eigenvalue weighted by Gasteiger charge is -2.13. The van der Waals surface area contributed by atoms with E-state index in [1.165, 1.54) is 0 Å². The van der Waals surface area contributed by atoms with Crippen molar-refractivity contribution < 1.29 is 14.6 Å². The molecule has 1 rings (SSSR count). The first kappa shape index (κ1) is 12.6. The summed E-state index contributed by atoms with van der Waals surface area (Å²) in [6.45, 7) is 2.46. The molecule has 0 spiro atoms. The second-order valence-corrected chi connectivity index (χ2v) is 3.63. The number of methoxy groups -OCH3 is 2. The van der Waals surface area contributed by atoms with Gasteiger partial charge in [0, 0.05) is 12.6 Å². The molecule has 0 bridgehead atoms. The van der Waals surface area contributed by atoms with E-state index in [0.29, 0.717) is 13.0 Å². The number of hydrogen-bond acceptors (Lipinski definition) is 4. The number of aliphatic hydroxyl groups excluding tert-OH is 1. The average Bonchev–Trinajstić information content (AvgIpc) is 2.28. The van der Waals surface area contributed by atoms with Gasteiger partial charge in [-0.05, 0) is 25.5 Å². The molecule has 4 nitrogen and oxygen atoms in total. The number of hydrogen-bond donors (Lipinski definition) is 2. The van der Waals surface area contributed by atoms with Gasteiger partial charge in [-0.25, -0.2) is 0 Å². The zero-order chi connectivity index (χ0) is 12.0. The molecule has 2 N–H and O–H groups in total. The highest BCUT2D eigenvalue weighted by atomic mass is 16.5. The molecular weight excluding hydrogens is 206 g/mol. The van der Waals surface area contributed by atoms with Gasteiger partial charge >= 0.3 is 0 Å². The standard InChI is InChI=1S/C12H19NO3/c1-9(14)6-7-13-11-8-10(15-2)4-5-12(11)16-3/h4-5,8-9,13-14H,6-7H2,1-3H3. The van der Waals surface area contributed by atoms with Crippen molar-refractivity contribution in [1.29, 1.82) is 0 Å². The Kier molecular flexibility index (Phi) is 4.92. The fraction of sp³-hybridized carbons (Fsp3) is 0.500. The van der Waals surface area contributed by atoms with E-state index < -0.39 is 0 Å². The zero-order valence-electron chi connectivity index (χ0n) is 9.99. The number of benzene rings is 1. The second-order valence-electron chi connectivity index (χ2n) is 3.63. The summed E-state index contributed by atoms with van der Waals surface area (Å²) in [5.41, 5.74) is 0.877. The molecule has 0 saturated carbocycles. The van der Waals surface area contributed by atoms with Crippen molar-refractivity contribution in [2.45, 2.75) is 19.4 Å². The van der Waals surface area contributed by atoms with Crippen molar-refractivity contribution >= 4 is 5.69 Å². The quantitative estimate of drug-likeness (QED) is 0.776. The summed E-state index contributed by atoms with van der Waals surface area (Å²) in [5.74, 6) is 1.55. The van der Waals surface area contributed by atoms with Gasteiger partial charge in [0.2, 0.25) is 0 Å². The molecule has 1 aromatic carbocycles. The molecule has 0 aliphatic heterocycles. The Morgan fingerprint density at radius 2 is 2.06 bits per heavy atom. The Bertz CT molecular complexity index is 326. The molecule has 0 aliphatic carbocycles. The number of nitrogens with one attached hydrogen (secondary N) is 1. The van der Waals surface area contributed by atoms with Crippen molar-refractivity contribution in [2.75, 3.05) is 26.1 Å². The summed E-state index contributed by atoms with van der Waals surface area (Å²) in [6, 6.07) is 5.57. The first-order valence-corrected chi connectivity index (χ1v) is 5.31. The maximum atomic E-state index is 9.16. The molecule has 0 saturated heterocycles. The minimum absolute atomic E-state index is 0.302. The third-order valence-electron chi connectivity index (χ3n) is 2.28. The van der Waals surface area contributed by atoms with Gasteiger partial charge in [0.25, 0.3) is 0 Å². The summed E-state index contributed by atoms with van der Waals surface area (Å²) in [7, 11) is 3.25. The monoisotopic (exact) mass is 225 g/mol. The first-order valence-electron chi connectivity index (χ1n) is 5.31. The number of rotatable bonds is 6. The predicted molar refractivity (Wildman–Crippen MR) is 64.3 cm³/mol. The SMILES string of the molecule is COc1ccc(OC)c(NCCC(C)O)c1. The molecule has 1 atom stereocenters. The van der Waals surface area contributed by atoms with Crippen LogP contribution in [-0.4, -0.2) is 32.0 Å². The van der Waals surface area contributed by atoms with Crippen molar-refractivity contribution in [1.82, 2.24) is 0 Å². The van der Waals surface area contributed by atoms with E-state index in [2.05, 4.69) is 5.32 Å². The number of anilines is 1. The van der Waals surface area contributed by atoms with Crippen LogP contribution in [0.4, 0.5) is 5.69 Å². The van der Waals surface area contributed by atoms with E-state index in [4.69, 9.17) is 14.6 Å². The smallest absolute Gasteiger partial charge is 0.142 e. The van der Waals surface area contributed by atoms with Crippen molar-refractivity contribution in [3.63, 3.8) is 0 Å². The van der Waals surface area contributed by atoms with Crippen LogP contribution in [0.1, 0.15) is 13.3 Å². The maximum Gasteiger partial charge on any atom is 0.142 e. The summed E-state index contributed by atoms with van der Waals surface area (Å²) >= 11 is 0. The van der Waals surface area contributed by atoms with Gasteiger partial charge in [0.15, 0.2) is 0 Å². The van der Waals surface area contributed by atoms with Gasteiger partial charge in [0.1, 0.15) is 11.5 Å². The van der Waals surface area contributed by atoms with Gasteiger partial charge in [-0.1, -0.05) is 0 Å². The minimum atomic E-state index is -0.302. The number of ether oxygens (including phenoxy) is 2. The van der Waals surface area contributed by atoms with Crippen LogP contribution in [0.3, 0.4) is 0 Å². The first-order chi connectivity index (χ1) is 7.67. The highest BCUT2D eigenvalue weighted by Crippen LogP contribution is 2.28. The summed E-state index contributed by atoms with van der Waals surface area (Å²) in [4.78, 5) is 0. The predicted octanol–water partition coefficient (Wildman–Crippen LogP) is 1.89. The van der Waals surface area contributed by atoms with Gasteiger partial charge in [-0.3, -0.25) is 0 Å². The molecule has 90 valence electrons. The largest absolute Gasteiger partial charge is 0.497 e. The van der Waals surface area contributed by atoms with Crippen LogP contribution in [-0.2, 0) is 0 Å². The normalized spacial score (nSPS) is 12.0. The van der Waals surface area contributed by atoms with Crippen LogP contribution in [0.15, 0.2) is 18.2 Å². The molecule has 1 unspecified atom stereocenters. The molecule has 0 aliphatic rings. The lowest BCUT2D eigenvalue weighted by molar-refractivity contribution is 0.188. The van der Waals surface area contributed by atoms with E-state index in [-0.39, 0.29) is 6.10 Å². The van der Waals surface area contributed by atoms with Gasteiger partial charge < -0.3 is 19.9 Å². The highest BCUT2D eigenvalue weighted by Gasteiger charge is 2.04. The summed E-state index contributed by atoms with van der Waals surface area (Å²) < 4.78 is 10.4. The van der Waals surface area contributed by atoms with Crippen LogP contribution < -0.4 is 14.8 Å². The molecule has 0 aromatic heterocycles. The zero-order valence-corrected chi connectivity index (χ0v) is 9.99. The van der Waals surface area contributed by atoms with E-state index >= 15 is 0 Å². The minimum Gasteiger partial charge on any atom is -0.497 e. The summed E-state index contributed by atoms with van der Waals surface area (Å²) in [6.07, 6.45) is 0.393. The van der Waals surface area contributed by atoms with Gasteiger partial charge in [-0.15, -0.1) is 0 Å². The summed E-state index contributed by atoms with van der Waals surface area (Å²) in [5, 5.41) is 12.4. The fourth-order valence-electron chi connectivity index (χ4n) is 1.37. The molecular formula is C12H19NO3. The average molecular weight is 225 g/mol. The lowest BCUT2D eigenvalue weighted by Crippen LogP contribution is -2.10. The topological polar surface area (TPSA) is 50.7 Å². The third-order valence-corrected chi connectivity index (χ3v) is 2.28. The van der Waals surface area contributed by atoms with Crippen LogP contribution in [0.2, 0.25) is 0 Å². The second kappa shape index (κ2) is 6.23. The molecule has 16 heavy (non-hydrogen) atoms. The molecule has 0 heterocycles. The van der Waals surface area contributed by atoms with Crippen LogP contribution in [0.5, 0.6) is 11.5 Å². The lowest BCUT2D eigenvalue weighted by atomic mass is 10.2. The Morgan fingerprint density at radius 3 is 2.62 bits per heavy atom. The van der Waals surface area contributed by atoms with E-state index in [0.717, 1.165) is 17.2 Å². The molecule has 4 heteroatoms.